The van der Waals surface area contributed by atoms with Gasteiger partial charge in [-0.05, 0) is 34.4 Å². The van der Waals surface area contributed by atoms with Crippen LogP contribution in [0.4, 0.5) is 0 Å². The Morgan fingerprint density at radius 2 is 1.31 bits per heavy atom. The highest BCUT2D eigenvalue weighted by molar-refractivity contribution is 6.08. The molecule has 8 rings (SSSR count). The second-order valence-corrected chi connectivity index (χ2v) is 10.6. The summed E-state index contributed by atoms with van der Waals surface area (Å²) < 4.78 is 6.44. The standard InChI is InChI=1S/C37H26O2/c38-33-19-10-18-31-35(33)30-22-21-24(27-16-9-17-29-28-15-7-8-20-34(28)39-36(27)29)23-32(30)37(31,25-11-3-1-4-12-25)26-13-5-2-6-14-26/h1-23,30,32,38H. The van der Waals surface area contributed by atoms with E-state index in [9.17, 15) is 5.11 Å². The van der Waals surface area contributed by atoms with Crippen molar-refractivity contribution in [1.29, 1.82) is 0 Å². The van der Waals surface area contributed by atoms with Crippen molar-refractivity contribution in [1.82, 2.24) is 0 Å². The van der Waals surface area contributed by atoms with Gasteiger partial charge in [0.15, 0.2) is 0 Å². The molecule has 1 N–H and O–H groups in total. The lowest BCUT2D eigenvalue weighted by atomic mass is 9.62. The third-order valence-electron chi connectivity index (χ3n) is 8.74. The van der Waals surface area contributed by atoms with Crippen LogP contribution in [0.25, 0.3) is 27.5 Å². The van der Waals surface area contributed by atoms with Crippen LogP contribution in [0.3, 0.4) is 0 Å². The van der Waals surface area contributed by atoms with Gasteiger partial charge in [-0.25, -0.2) is 0 Å². The summed E-state index contributed by atoms with van der Waals surface area (Å²) in [6.07, 6.45) is 6.92. The van der Waals surface area contributed by atoms with Gasteiger partial charge in [0.05, 0.1) is 5.41 Å². The molecule has 0 fully saturated rings. The molecular formula is C37H26O2. The maximum atomic E-state index is 11.2. The molecule has 0 saturated carbocycles. The maximum Gasteiger partial charge on any atom is 0.143 e. The Hall–Kier alpha value is -4.82. The third-order valence-corrected chi connectivity index (χ3v) is 8.74. The molecule has 0 bridgehead atoms. The van der Waals surface area contributed by atoms with Crippen molar-refractivity contribution in [3.8, 4) is 5.75 Å². The minimum atomic E-state index is -0.459. The monoisotopic (exact) mass is 502 g/mol. The van der Waals surface area contributed by atoms with E-state index in [2.05, 4.69) is 115 Å². The Morgan fingerprint density at radius 1 is 0.641 bits per heavy atom. The second-order valence-electron chi connectivity index (χ2n) is 10.6. The van der Waals surface area contributed by atoms with Crippen LogP contribution < -0.4 is 0 Å². The normalized spacial score (nSPS) is 19.1. The predicted molar refractivity (Wildman–Crippen MR) is 158 cm³/mol. The van der Waals surface area contributed by atoms with Crippen LogP contribution in [0.15, 0.2) is 144 Å². The molecule has 0 spiro atoms. The van der Waals surface area contributed by atoms with Crippen LogP contribution in [0.1, 0.15) is 33.7 Å². The first-order chi connectivity index (χ1) is 19.3. The molecule has 2 heteroatoms. The van der Waals surface area contributed by atoms with E-state index >= 15 is 0 Å². The van der Waals surface area contributed by atoms with Gasteiger partial charge in [-0.15, -0.1) is 0 Å². The number of aromatic hydroxyl groups is 1. The number of rotatable bonds is 3. The number of phenolic OH excluding ortho intramolecular Hbond substituents is 1. The molecule has 2 atom stereocenters. The lowest BCUT2D eigenvalue weighted by molar-refractivity contribution is 0.445. The Bertz CT molecular complexity index is 1890. The van der Waals surface area contributed by atoms with Crippen LogP contribution in [-0.2, 0) is 5.41 Å². The van der Waals surface area contributed by atoms with E-state index in [1.807, 2.05) is 24.3 Å². The molecular weight excluding hydrogens is 476 g/mol. The van der Waals surface area contributed by atoms with E-state index in [-0.39, 0.29) is 11.8 Å². The molecule has 2 nitrogen and oxygen atoms in total. The van der Waals surface area contributed by atoms with E-state index in [1.54, 1.807) is 0 Å². The molecule has 0 saturated heterocycles. The summed E-state index contributed by atoms with van der Waals surface area (Å²) in [6.45, 7) is 0. The Balaban J connectivity index is 1.43. The molecule has 1 aromatic heterocycles. The van der Waals surface area contributed by atoms with Gasteiger partial charge >= 0.3 is 0 Å². The van der Waals surface area contributed by atoms with Gasteiger partial charge in [0, 0.05) is 33.7 Å². The average molecular weight is 503 g/mol. The van der Waals surface area contributed by atoms with Crippen LogP contribution in [0, 0.1) is 5.92 Å². The smallest absolute Gasteiger partial charge is 0.143 e. The van der Waals surface area contributed by atoms with Crippen LogP contribution >= 0.6 is 0 Å². The van der Waals surface area contributed by atoms with Gasteiger partial charge in [0.25, 0.3) is 0 Å². The largest absolute Gasteiger partial charge is 0.508 e. The van der Waals surface area contributed by atoms with Crippen LogP contribution in [-0.4, -0.2) is 5.11 Å². The van der Waals surface area contributed by atoms with Gasteiger partial charge in [0.1, 0.15) is 16.9 Å². The summed E-state index contributed by atoms with van der Waals surface area (Å²) >= 11 is 0. The number of fused-ring (bicyclic) bond motifs is 6. The van der Waals surface area contributed by atoms with Gasteiger partial charge in [0.2, 0.25) is 0 Å². The minimum absolute atomic E-state index is 0.0419. The molecule has 186 valence electrons. The molecule has 0 aliphatic heterocycles. The quantitative estimate of drug-likeness (QED) is 0.262. The lowest BCUT2D eigenvalue weighted by Gasteiger charge is -2.39. The molecule has 6 aromatic rings. The molecule has 0 radical (unpaired) electrons. The zero-order valence-electron chi connectivity index (χ0n) is 21.3. The molecule has 39 heavy (non-hydrogen) atoms. The molecule has 1 heterocycles. The van der Waals surface area contributed by atoms with E-state index in [1.165, 1.54) is 16.7 Å². The van der Waals surface area contributed by atoms with Gasteiger partial charge in [-0.3, -0.25) is 0 Å². The van der Waals surface area contributed by atoms with E-state index in [0.29, 0.717) is 5.75 Å². The molecule has 5 aromatic carbocycles. The van der Waals surface area contributed by atoms with Gasteiger partial charge in [-0.2, -0.15) is 0 Å². The number of hydrogen-bond acceptors (Lipinski definition) is 2. The zero-order valence-corrected chi connectivity index (χ0v) is 21.3. The Kier molecular flexibility index (Phi) is 4.75. The molecule has 2 unspecified atom stereocenters. The van der Waals surface area contributed by atoms with Crippen molar-refractivity contribution in [3.05, 3.63) is 167 Å². The SMILES string of the molecule is Oc1cccc2c1C1C=CC(c3cccc4c3oc3ccccc34)=CC1C2(c1ccccc1)c1ccccc1. The number of hydrogen-bond donors (Lipinski definition) is 1. The van der Waals surface area contributed by atoms with Crippen molar-refractivity contribution in [2.75, 3.05) is 0 Å². The number of furan rings is 1. The van der Waals surface area contributed by atoms with Crippen molar-refractivity contribution < 1.29 is 9.52 Å². The van der Waals surface area contributed by atoms with Crippen LogP contribution in [0.5, 0.6) is 5.75 Å². The first-order valence-electron chi connectivity index (χ1n) is 13.5. The topological polar surface area (TPSA) is 33.4 Å². The lowest BCUT2D eigenvalue weighted by Crippen LogP contribution is -2.35. The first kappa shape index (κ1) is 22.2. The fourth-order valence-corrected chi connectivity index (χ4v) is 7.20. The van der Waals surface area contributed by atoms with Crippen molar-refractivity contribution >= 4 is 27.5 Å². The Morgan fingerprint density at radius 3 is 2.08 bits per heavy atom. The van der Waals surface area contributed by atoms with Crippen LogP contribution in [0.2, 0.25) is 0 Å². The van der Waals surface area contributed by atoms with E-state index in [4.69, 9.17) is 4.42 Å². The number of para-hydroxylation sites is 2. The fourth-order valence-electron chi connectivity index (χ4n) is 7.20. The van der Waals surface area contributed by atoms with E-state index < -0.39 is 5.41 Å². The fraction of sp³-hybridized carbons (Fsp3) is 0.0811. The number of benzene rings is 5. The average Bonchev–Trinajstić information content (AvgIpc) is 3.52. The number of phenols is 1. The van der Waals surface area contributed by atoms with E-state index in [0.717, 1.165) is 38.6 Å². The summed E-state index contributed by atoms with van der Waals surface area (Å²) in [5.41, 5.74) is 8.22. The summed E-state index contributed by atoms with van der Waals surface area (Å²) in [5.74, 6) is 0.461. The van der Waals surface area contributed by atoms with Gasteiger partial charge in [-0.1, -0.05) is 127 Å². The predicted octanol–water partition coefficient (Wildman–Crippen LogP) is 8.99. The van der Waals surface area contributed by atoms with Crippen molar-refractivity contribution in [2.45, 2.75) is 11.3 Å². The maximum absolute atomic E-state index is 11.2. The molecule has 2 aliphatic carbocycles. The molecule has 0 amide bonds. The highest BCUT2D eigenvalue weighted by Crippen LogP contribution is 2.62. The third kappa shape index (κ3) is 3.03. The minimum Gasteiger partial charge on any atom is -0.508 e. The first-order valence-corrected chi connectivity index (χ1v) is 13.5. The second kappa shape index (κ2) is 8.34. The molecule has 2 aliphatic rings. The summed E-state index contributed by atoms with van der Waals surface area (Å²) in [5, 5.41) is 13.5. The Labute approximate surface area is 227 Å². The van der Waals surface area contributed by atoms with Crippen molar-refractivity contribution in [2.24, 2.45) is 5.92 Å². The highest BCUT2D eigenvalue weighted by Gasteiger charge is 2.54. The zero-order chi connectivity index (χ0) is 26.0. The van der Waals surface area contributed by atoms with Crippen molar-refractivity contribution in [3.63, 3.8) is 0 Å². The van der Waals surface area contributed by atoms with Gasteiger partial charge < -0.3 is 9.52 Å². The summed E-state index contributed by atoms with van der Waals surface area (Å²) in [6, 6.07) is 42.2. The summed E-state index contributed by atoms with van der Waals surface area (Å²) in [4.78, 5) is 0. The number of allylic oxidation sites excluding steroid dienone is 4. The highest BCUT2D eigenvalue weighted by atomic mass is 16.3. The summed E-state index contributed by atoms with van der Waals surface area (Å²) in [7, 11) is 0.